The Labute approximate surface area is 90.6 Å². The van der Waals surface area contributed by atoms with Crippen LogP contribution in [0.25, 0.3) is 0 Å². The first kappa shape index (κ1) is 12.0. The van der Waals surface area contributed by atoms with Crippen molar-refractivity contribution in [2.24, 2.45) is 0 Å². The molecule has 0 saturated heterocycles. The second-order valence-corrected chi connectivity index (χ2v) is 3.47. The largest absolute Gasteiger partial charge is 0.488 e. The van der Waals surface area contributed by atoms with Gasteiger partial charge in [0, 0.05) is 13.7 Å². The molecule has 0 aliphatic rings. The van der Waals surface area contributed by atoms with Crippen LogP contribution in [0.4, 0.5) is 0 Å². The van der Waals surface area contributed by atoms with Gasteiger partial charge in [-0.15, -0.1) is 0 Å². The molecule has 0 spiro atoms. The van der Waals surface area contributed by atoms with Crippen molar-refractivity contribution in [2.75, 3.05) is 20.3 Å². The summed E-state index contributed by atoms with van der Waals surface area (Å²) in [4.78, 5) is 0. The summed E-state index contributed by atoms with van der Waals surface area (Å²) in [6.45, 7) is 2.66. The van der Waals surface area contributed by atoms with Gasteiger partial charge in [-0.05, 0) is 25.0 Å². The Hall–Kier alpha value is -1.06. The van der Waals surface area contributed by atoms with Crippen molar-refractivity contribution < 1.29 is 14.6 Å². The summed E-state index contributed by atoms with van der Waals surface area (Å²) in [6.07, 6.45) is 0.644. The Balaban J connectivity index is 2.66. The van der Waals surface area contributed by atoms with Gasteiger partial charge in [0.25, 0.3) is 0 Å². The Bertz CT molecular complexity index is 286. The van der Waals surface area contributed by atoms with E-state index in [0.717, 1.165) is 11.3 Å². The van der Waals surface area contributed by atoms with Gasteiger partial charge in [0.1, 0.15) is 11.9 Å². The second kappa shape index (κ2) is 6.43. The quantitative estimate of drug-likeness (QED) is 0.775. The molecule has 15 heavy (non-hydrogen) atoms. The van der Waals surface area contributed by atoms with Gasteiger partial charge in [-0.1, -0.05) is 18.2 Å². The van der Waals surface area contributed by atoms with E-state index in [1.165, 1.54) is 0 Å². The molecule has 84 valence electrons. The smallest absolute Gasteiger partial charge is 0.123 e. The summed E-state index contributed by atoms with van der Waals surface area (Å²) < 4.78 is 10.7. The molecule has 0 aromatic heterocycles. The average molecular weight is 210 g/mol. The van der Waals surface area contributed by atoms with Crippen LogP contribution in [0.5, 0.6) is 5.75 Å². The van der Waals surface area contributed by atoms with E-state index in [2.05, 4.69) is 0 Å². The maximum atomic E-state index is 8.90. The number of rotatable bonds is 6. The minimum atomic E-state index is 0.0230. The molecule has 0 saturated carbocycles. The SMILES string of the molecule is COCC(C)Oc1ccccc1CCO. The molecule has 3 heteroatoms. The fourth-order valence-electron chi connectivity index (χ4n) is 1.43. The summed E-state index contributed by atoms with van der Waals surface area (Å²) in [5.41, 5.74) is 1.03. The highest BCUT2D eigenvalue weighted by Crippen LogP contribution is 2.19. The lowest BCUT2D eigenvalue weighted by Crippen LogP contribution is -2.18. The number of para-hydroxylation sites is 1. The van der Waals surface area contributed by atoms with E-state index in [-0.39, 0.29) is 12.7 Å². The molecule has 0 amide bonds. The van der Waals surface area contributed by atoms with E-state index < -0.39 is 0 Å². The highest BCUT2D eigenvalue weighted by atomic mass is 16.5. The number of aliphatic hydroxyl groups excluding tert-OH is 1. The highest BCUT2D eigenvalue weighted by Gasteiger charge is 2.06. The summed E-state index contributed by atoms with van der Waals surface area (Å²) in [5, 5.41) is 8.90. The average Bonchev–Trinajstić information content (AvgIpc) is 2.21. The van der Waals surface area contributed by atoms with E-state index in [1.807, 2.05) is 31.2 Å². The molecule has 1 rings (SSSR count). The minimum Gasteiger partial charge on any atom is -0.488 e. The van der Waals surface area contributed by atoms with Gasteiger partial charge in [0.2, 0.25) is 0 Å². The number of methoxy groups -OCH3 is 1. The van der Waals surface area contributed by atoms with Crippen LogP contribution in [0.1, 0.15) is 12.5 Å². The first-order valence-electron chi connectivity index (χ1n) is 5.12. The monoisotopic (exact) mass is 210 g/mol. The molecule has 0 aliphatic carbocycles. The Kier molecular flexibility index (Phi) is 5.15. The van der Waals surface area contributed by atoms with Crippen LogP contribution in [0.15, 0.2) is 24.3 Å². The van der Waals surface area contributed by atoms with Crippen molar-refractivity contribution in [3.05, 3.63) is 29.8 Å². The molecule has 1 aromatic carbocycles. The maximum Gasteiger partial charge on any atom is 0.123 e. The zero-order chi connectivity index (χ0) is 11.1. The number of hydrogen-bond donors (Lipinski definition) is 1. The van der Waals surface area contributed by atoms with E-state index >= 15 is 0 Å². The van der Waals surface area contributed by atoms with Gasteiger partial charge in [-0.2, -0.15) is 0 Å². The van der Waals surface area contributed by atoms with Gasteiger partial charge in [0.15, 0.2) is 0 Å². The Morgan fingerprint density at radius 2 is 2.07 bits per heavy atom. The number of aliphatic hydroxyl groups is 1. The zero-order valence-corrected chi connectivity index (χ0v) is 9.27. The van der Waals surface area contributed by atoms with Crippen LogP contribution < -0.4 is 4.74 Å². The summed E-state index contributed by atoms with van der Waals surface area (Å²) in [6, 6.07) is 7.75. The lowest BCUT2D eigenvalue weighted by atomic mass is 10.1. The predicted molar refractivity (Wildman–Crippen MR) is 59.2 cm³/mol. The topological polar surface area (TPSA) is 38.7 Å². The van der Waals surface area contributed by atoms with Gasteiger partial charge in [-0.3, -0.25) is 0 Å². The van der Waals surface area contributed by atoms with Crippen molar-refractivity contribution in [2.45, 2.75) is 19.4 Å². The molecule has 1 unspecified atom stereocenters. The lowest BCUT2D eigenvalue weighted by Gasteiger charge is -2.16. The lowest BCUT2D eigenvalue weighted by molar-refractivity contribution is 0.0912. The molecule has 3 nitrogen and oxygen atoms in total. The predicted octanol–water partition coefficient (Wildman–Crippen LogP) is 1.64. The fourth-order valence-corrected chi connectivity index (χ4v) is 1.43. The van der Waals surface area contributed by atoms with Crippen molar-refractivity contribution in [3.63, 3.8) is 0 Å². The van der Waals surface area contributed by atoms with Crippen LogP contribution in [0.3, 0.4) is 0 Å². The summed E-state index contributed by atoms with van der Waals surface area (Å²) in [5.74, 6) is 0.830. The molecule has 0 bridgehead atoms. The van der Waals surface area contributed by atoms with Gasteiger partial charge in [0.05, 0.1) is 6.61 Å². The van der Waals surface area contributed by atoms with Gasteiger partial charge < -0.3 is 14.6 Å². The summed E-state index contributed by atoms with van der Waals surface area (Å²) >= 11 is 0. The van der Waals surface area contributed by atoms with Gasteiger partial charge in [-0.25, -0.2) is 0 Å². The maximum absolute atomic E-state index is 8.90. The minimum absolute atomic E-state index is 0.0230. The van der Waals surface area contributed by atoms with E-state index in [1.54, 1.807) is 7.11 Å². The third-order valence-electron chi connectivity index (χ3n) is 2.08. The molecule has 1 aromatic rings. The Morgan fingerprint density at radius 3 is 2.73 bits per heavy atom. The highest BCUT2D eigenvalue weighted by molar-refractivity contribution is 5.33. The zero-order valence-electron chi connectivity index (χ0n) is 9.27. The third kappa shape index (κ3) is 3.90. The van der Waals surface area contributed by atoms with Crippen molar-refractivity contribution in [1.29, 1.82) is 0 Å². The third-order valence-corrected chi connectivity index (χ3v) is 2.08. The second-order valence-electron chi connectivity index (χ2n) is 3.47. The fraction of sp³-hybridized carbons (Fsp3) is 0.500. The molecule has 1 N–H and O–H groups in total. The molecule has 0 fully saturated rings. The first-order valence-corrected chi connectivity index (χ1v) is 5.12. The van der Waals surface area contributed by atoms with E-state index in [9.17, 15) is 0 Å². The molecular formula is C12H18O3. The van der Waals surface area contributed by atoms with Crippen molar-refractivity contribution in [3.8, 4) is 5.75 Å². The van der Waals surface area contributed by atoms with Crippen LogP contribution >= 0.6 is 0 Å². The number of ether oxygens (including phenoxy) is 2. The first-order chi connectivity index (χ1) is 7.27. The molecule has 1 atom stereocenters. The number of hydrogen-bond acceptors (Lipinski definition) is 3. The molecular weight excluding hydrogens is 192 g/mol. The van der Waals surface area contributed by atoms with Crippen molar-refractivity contribution >= 4 is 0 Å². The van der Waals surface area contributed by atoms with Gasteiger partial charge >= 0.3 is 0 Å². The molecule has 0 radical (unpaired) electrons. The number of benzene rings is 1. The van der Waals surface area contributed by atoms with Crippen molar-refractivity contribution in [1.82, 2.24) is 0 Å². The standard InChI is InChI=1S/C12H18O3/c1-10(9-14-2)15-12-6-4-3-5-11(12)7-8-13/h3-6,10,13H,7-9H2,1-2H3. The summed E-state index contributed by atoms with van der Waals surface area (Å²) in [7, 11) is 1.65. The molecule has 0 heterocycles. The Morgan fingerprint density at radius 1 is 1.33 bits per heavy atom. The van der Waals surface area contributed by atoms with Crippen LogP contribution in [-0.2, 0) is 11.2 Å². The molecule has 0 aliphatic heterocycles. The van der Waals surface area contributed by atoms with Crippen LogP contribution in [0, 0.1) is 0 Å². The van der Waals surface area contributed by atoms with Crippen LogP contribution in [0.2, 0.25) is 0 Å². The van der Waals surface area contributed by atoms with E-state index in [0.29, 0.717) is 13.0 Å². The van der Waals surface area contributed by atoms with E-state index in [4.69, 9.17) is 14.6 Å². The normalized spacial score (nSPS) is 12.5. The van der Waals surface area contributed by atoms with Crippen LogP contribution in [-0.4, -0.2) is 31.5 Å².